The van der Waals surface area contributed by atoms with Gasteiger partial charge in [0, 0.05) is 36.6 Å². The molecule has 1 amide bonds. The Morgan fingerprint density at radius 1 is 1.04 bits per heavy atom. The summed E-state index contributed by atoms with van der Waals surface area (Å²) in [6, 6.07) is 12.4. The summed E-state index contributed by atoms with van der Waals surface area (Å²) in [5, 5.41) is 0. The first-order chi connectivity index (χ1) is 11.7. The largest absolute Gasteiger partial charge is 0.339 e. The quantitative estimate of drug-likeness (QED) is 0.679. The highest BCUT2D eigenvalue weighted by Crippen LogP contribution is 2.17. The van der Waals surface area contributed by atoms with E-state index >= 15 is 0 Å². The van der Waals surface area contributed by atoms with Crippen molar-refractivity contribution in [3.05, 3.63) is 71.7 Å². The molecule has 0 atom stereocenters. The molecule has 0 bridgehead atoms. The SMILES string of the molecule is CCN(CC)C(=O)c1cc(C(=O)c2ccccc2)n2ccnc2c1. The summed E-state index contributed by atoms with van der Waals surface area (Å²) in [5.41, 5.74) is 2.09. The van der Waals surface area contributed by atoms with Crippen molar-refractivity contribution >= 4 is 17.3 Å². The number of nitrogens with zero attached hydrogens (tertiary/aromatic N) is 3. The molecule has 122 valence electrons. The zero-order chi connectivity index (χ0) is 17.1. The van der Waals surface area contributed by atoms with Crippen molar-refractivity contribution in [2.24, 2.45) is 0 Å². The first-order valence-electron chi connectivity index (χ1n) is 8.01. The molecule has 0 N–H and O–H groups in total. The zero-order valence-corrected chi connectivity index (χ0v) is 13.8. The predicted octanol–water partition coefficient (Wildman–Crippen LogP) is 3.05. The first-order valence-corrected chi connectivity index (χ1v) is 8.01. The molecule has 0 spiro atoms. The summed E-state index contributed by atoms with van der Waals surface area (Å²) >= 11 is 0. The normalized spacial score (nSPS) is 10.8. The molecule has 0 fully saturated rings. The zero-order valence-electron chi connectivity index (χ0n) is 13.8. The molecule has 0 unspecified atom stereocenters. The van der Waals surface area contributed by atoms with E-state index in [0.717, 1.165) is 0 Å². The lowest BCUT2D eigenvalue weighted by Gasteiger charge is -2.19. The molecule has 3 aromatic rings. The minimum absolute atomic E-state index is 0.0902. The highest BCUT2D eigenvalue weighted by atomic mass is 16.2. The number of aromatic nitrogens is 2. The van der Waals surface area contributed by atoms with Gasteiger partial charge in [0.1, 0.15) is 5.65 Å². The number of amides is 1. The standard InChI is InChI=1S/C19H19N3O2/c1-3-21(4-2)19(24)15-12-16(22-11-10-20-17(22)13-15)18(23)14-8-6-5-7-9-14/h5-13H,3-4H2,1-2H3. The van der Waals surface area contributed by atoms with Gasteiger partial charge in [-0.25, -0.2) is 4.98 Å². The Morgan fingerprint density at radius 2 is 1.75 bits per heavy atom. The number of carbonyl (C=O) groups is 2. The lowest BCUT2D eigenvalue weighted by Crippen LogP contribution is -2.30. The average molecular weight is 321 g/mol. The van der Waals surface area contributed by atoms with E-state index in [-0.39, 0.29) is 11.7 Å². The molecule has 0 saturated carbocycles. The van der Waals surface area contributed by atoms with Crippen LogP contribution in [0.1, 0.15) is 40.3 Å². The fourth-order valence-electron chi connectivity index (χ4n) is 2.75. The summed E-state index contributed by atoms with van der Waals surface area (Å²) in [6.45, 7) is 5.12. The molecule has 2 heterocycles. The van der Waals surface area contributed by atoms with E-state index in [2.05, 4.69) is 4.98 Å². The smallest absolute Gasteiger partial charge is 0.254 e. The number of hydrogen-bond donors (Lipinski definition) is 0. The van der Waals surface area contributed by atoms with Gasteiger partial charge in [0.05, 0.1) is 5.69 Å². The van der Waals surface area contributed by atoms with Crippen molar-refractivity contribution in [1.29, 1.82) is 0 Å². The first kappa shape index (κ1) is 15.9. The topological polar surface area (TPSA) is 54.7 Å². The van der Waals surface area contributed by atoms with E-state index in [1.54, 1.807) is 46.0 Å². The number of fused-ring (bicyclic) bond motifs is 1. The van der Waals surface area contributed by atoms with Crippen molar-refractivity contribution in [2.45, 2.75) is 13.8 Å². The van der Waals surface area contributed by atoms with Crippen LogP contribution in [0.2, 0.25) is 0 Å². The molecule has 2 aromatic heterocycles. The predicted molar refractivity (Wildman–Crippen MR) is 92.3 cm³/mol. The molecule has 3 rings (SSSR count). The molecule has 0 radical (unpaired) electrons. The number of benzene rings is 1. The second-order valence-corrected chi connectivity index (χ2v) is 5.46. The molecule has 5 heteroatoms. The molecule has 0 aliphatic rings. The lowest BCUT2D eigenvalue weighted by atomic mass is 10.1. The van der Waals surface area contributed by atoms with Crippen molar-refractivity contribution < 1.29 is 9.59 Å². The molecule has 0 aliphatic carbocycles. The molecule has 1 aromatic carbocycles. The van der Waals surface area contributed by atoms with E-state index in [0.29, 0.717) is 35.6 Å². The monoisotopic (exact) mass is 321 g/mol. The van der Waals surface area contributed by atoms with Gasteiger partial charge in [0.2, 0.25) is 5.78 Å². The minimum atomic E-state index is -0.132. The van der Waals surface area contributed by atoms with Gasteiger partial charge in [-0.2, -0.15) is 0 Å². The number of carbonyl (C=O) groups excluding carboxylic acids is 2. The van der Waals surface area contributed by atoms with Crippen LogP contribution in [-0.4, -0.2) is 39.1 Å². The molecular weight excluding hydrogens is 302 g/mol. The van der Waals surface area contributed by atoms with Crippen molar-refractivity contribution in [3.8, 4) is 0 Å². The van der Waals surface area contributed by atoms with Gasteiger partial charge in [-0.1, -0.05) is 30.3 Å². The van der Waals surface area contributed by atoms with Crippen LogP contribution in [0.25, 0.3) is 5.65 Å². The fraction of sp³-hybridized carbons (Fsp3) is 0.211. The Morgan fingerprint density at radius 3 is 2.42 bits per heavy atom. The average Bonchev–Trinajstić information content (AvgIpc) is 3.10. The van der Waals surface area contributed by atoms with Crippen LogP contribution in [0.4, 0.5) is 0 Å². The van der Waals surface area contributed by atoms with Crippen LogP contribution in [0.15, 0.2) is 54.9 Å². The van der Waals surface area contributed by atoms with Crippen LogP contribution in [0, 0.1) is 0 Å². The van der Waals surface area contributed by atoms with Gasteiger partial charge in [-0.05, 0) is 26.0 Å². The molecule has 0 saturated heterocycles. The molecule has 0 aliphatic heterocycles. The van der Waals surface area contributed by atoms with Crippen molar-refractivity contribution in [2.75, 3.05) is 13.1 Å². The van der Waals surface area contributed by atoms with Crippen molar-refractivity contribution in [1.82, 2.24) is 14.3 Å². The Labute approximate surface area is 140 Å². The number of hydrogen-bond acceptors (Lipinski definition) is 3. The van der Waals surface area contributed by atoms with Gasteiger partial charge in [-0.15, -0.1) is 0 Å². The molecule has 24 heavy (non-hydrogen) atoms. The van der Waals surface area contributed by atoms with Crippen LogP contribution in [0.3, 0.4) is 0 Å². The third kappa shape index (κ3) is 2.80. The highest BCUT2D eigenvalue weighted by molar-refractivity contribution is 6.09. The fourth-order valence-corrected chi connectivity index (χ4v) is 2.75. The van der Waals surface area contributed by atoms with Gasteiger partial charge in [0.25, 0.3) is 5.91 Å². The Bertz CT molecular complexity index is 880. The molecule has 5 nitrogen and oxygen atoms in total. The highest BCUT2D eigenvalue weighted by Gasteiger charge is 2.19. The van der Waals surface area contributed by atoms with E-state index in [1.807, 2.05) is 32.0 Å². The Kier molecular flexibility index (Phi) is 4.42. The third-order valence-electron chi connectivity index (χ3n) is 4.07. The third-order valence-corrected chi connectivity index (χ3v) is 4.07. The van der Waals surface area contributed by atoms with Crippen LogP contribution >= 0.6 is 0 Å². The minimum Gasteiger partial charge on any atom is -0.339 e. The van der Waals surface area contributed by atoms with Gasteiger partial charge >= 0.3 is 0 Å². The van der Waals surface area contributed by atoms with E-state index < -0.39 is 0 Å². The Balaban J connectivity index is 2.12. The Hall–Kier alpha value is -2.95. The number of pyridine rings is 1. The number of ketones is 1. The maximum atomic E-state index is 12.9. The van der Waals surface area contributed by atoms with Gasteiger partial charge in [0.15, 0.2) is 0 Å². The van der Waals surface area contributed by atoms with Gasteiger partial charge < -0.3 is 4.90 Å². The molecular formula is C19H19N3O2. The van der Waals surface area contributed by atoms with E-state index in [4.69, 9.17) is 0 Å². The van der Waals surface area contributed by atoms with Crippen LogP contribution in [0.5, 0.6) is 0 Å². The lowest BCUT2D eigenvalue weighted by molar-refractivity contribution is 0.0773. The number of rotatable bonds is 5. The van der Waals surface area contributed by atoms with Crippen molar-refractivity contribution in [3.63, 3.8) is 0 Å². The van der Waals surface area contributed by atoms with Crippen LogP contribution in [-0.2, 0) is 0 Å². The van der Waals surface area contributed by atoms with Crippen LogP contribution < -0.4 is 0 Å². The van der Waals surface area contributed by atoms with Gasteiger partial charge in [-0.3, -0.25) is 14.0 Å². The summed E-state index contributed by atoms with van der Waals surface area (Å²) in [5.74, 6) is -0.222. The van der Waals surface area contributed by atoms with E-state index in [1.165, 1.54) is 0 Å². The summed E-state index contributed by atoms with van der Waals surface area (Å²) in [6.07, 6.45) is 3.36. The summed E-state index contributed by atoms with van der Waals surface area (Å²) in [4.78, 5) is 31.5. The summed E-state index contributed by atoms with van der Waals surface area (Å²) < 4.78 is 1.72. The second-order valence-electron chi connectivity index (χ2n) is 5.46. The second kappa shape index (κ2) is 6.66. The number of imidazole rings is 1. The maximum Gasteiger partial charge on any atom is 0.254 e. The van der Waals surface area contributed by atoms with E-state index in [9.17, 15) is 9.59 Å². The maximum absolute atomic E-state index is 12.9. The summed E-state index contributed by atoms with van der Waals surface area (Å²) in [7, 11) is 0.